The molecule has 1 fully saturated rings. The minimum atomic E-state index is -0.143. The van der Waals surface area contributed by atoms with Crippen LogP contribution in [-0.4, -0.2) is 61.8 Å². The molecule has 4 heterocycles. The molecule has 0 N–H and O–H groups in total. The van der Waals surface area contributed by atoms with Crippen molar-refractivity contribution in [3.8, 4) is 0 Å². The number of nitrogens with zero attached hydrogens (tertiary/aromatic N) is 6. The first kappa shape index (κ1) is 18.1. The van der Waals surface area contributed by atoms with Gasteiger partial charge in [0.25, 0.3) is 5.91 Å². The number of carbonyl (C=O) groups excluding carboxylic acids is 2. The zero-order valence-electron chi connectivity index (χ0n) is 15.9. The summed E-state index contributed by atoms with van der Waals surface area (Å²) in [7, 11) is 3.40. The van der Waals surface area contributed by atoms with E-state index in [0.29, 0.717) is 24.2 Å². The number of hydrogen-bond acceptors (Lipinski definition) is 5. The highest BCUT2D eigenvalue weighted by atomic mass is 16.2. The zero-order valence-corrected chi connectivity index (χ0v) is 15.9. The standard InChI is InChI=1S/C20H22N6O2/c1-24(2)20(28)15-13-23-26-17(7-9-22-19(15)26)16-6-4-10-25(16)18(27)11-14-5-3-8-21-12-14/h3,5,7-9,12-13,16H,4,6,10-11H2,1-2H3. The fourth-order valence-electron chi connectivity index (χ4n) is 3.71. The average Bonchev–Trinajstić information content (AvgIpc) is 3.35. The van der Waals surface area contributed by atoms with Gasteiger partial charge in [-0.25, -0.2) is 9.50 Å². The van der Waals surface area contributed by atoms with Crippen molar-refractivity contribution >= 4 is 17.5 Å². The van der Waals surface area contributed by atoms with Gasteiger partial charge in [0, 0.05) is 39.2 Å². The fraction of sp³-hybridized carbons (Fsp3) is 0.350. The van der Waals surface area contributed by atoms with Crippen molar-refractivity contribution in [2.24, 2.45) is 0 Å². The van der Waals surface area contributed by atoms with Crippen LogP contribution >= 0.6 is 0 Å². The van der Waals surface area contributed by atoms with Gasteiger partial charge in [-0.2, -0.15) is 5.10 Å². The lowest BCUT2D eigenvalue weighted by Crippen LogP contribution is -2.32. The van der Waals surface area contributed by atoms with Crippen LogP contribution < -0.4 is 0 Å². The Hall–Kier alpha value is -3.29. The molecule has 8 heteroatoms. The van der Waals surface area contributed by atoms with Gasteiger partial charge in [-0.15, -0.1) is 0 Å². The van der Waals surface area contributed by atoms with Gasteiger partial charge in [0.05, 0.1) is 24.4 Å². The van der Waals surface area contributed by atoms with Gasteiger partial charge in [0.2, 0.25) is 5.91 Å². The second-order valence-corrected chi connectivity index (χ2v) is 7.15. The molecule has 8 nitrogen and oxygen atoms in total. The van der Waals surface area contributed by atoms with Gasteiger partial charge in [-0.1, -0.05) is 6.07 Å². The van der Waals surface area contributed by atoms with Crippen molar-refractivity contribution in [1.82, 2.24) is 29.4 Å². The average molecular weight is 378 g/mol. The Kier molecular flexibility index (Phi) is 4.77. The molecule has 2 amide bonds. The number of fused-ring (bicyclic) bond motifs is 1. The van der Waals surface area contributed by atoms with Crippen molar-refractivity contribution in [2.75, 3.05) is 20.6 Å². The maximum atomic E-state index is 12.9. The molecule has 0 radical (unpaired) electrons. The highest BCUT2D eigenvalue weighted by Gasteiger charge is 2.32. The Balaban J connectivity index is 1.65. The minimum Gasteiger partial charge on any atom is -0.345 e. The maximum absolute atomic E-state index is 12.9. The van der Waals surface area contributed by atoms with E-state index in [1.54, 1.807) is 43.4 Å². The van der Waals surface area contributed by atoms with Crippen molar-refractivity contribution in [2.45, 2.75) is 25.3 Å². The summed E-state index contributed by atoms with van der Waals surface area (Å²) in [6.45, 7) is 0.707. The van der Waals surface area contributed by atoms with Crippen molar-refractivity contribution in [3.05, 3.63) is 59.8 Å². The van der Waals surface area contributed by atoms with Gasteiger partial charge in [-0.3, -0.25) is 14.6 Å². The van der Waals surface area contributed by atoms with E-state index in [1.807, 2.05) is 23.1 Å². The summed E-state index contributed by atoms with van der Waals surface area (Å²) in [6.07, 6.45) is 8.76. The summed E-state index contributed by atoms with van der Waals surface area (Å²) in [5, 5.41) is 4.40. The highest BCUT2D eigenvalue weighted by Crippen LogP contribution is 2.32. The van der Waals surface area contributed by atoms with E-state index >= 15 is 0 Å². The second-order valence-electron chi connectivity index (χ2n) is 7.15. The van der Waals surface area contributed by atoms with Crippen molar-refractivity contribution in [1.29, 1.82) is 0 Å². The lowest BCUT2D eigenvalue weighted by Gasteiger charge is -2.25. The van der Waals surface area contributed by atoms with Crippen molar-refractivity contribution in [3.63, 3.8) is 0 Å². The van der Waals surface area contributed by atoms with Crippen molar-refractivity contribution < 1.29 is 9.59 Å². The lowest BCUT2D eigenvalue weighted by molar-refractivity contribution is -0.131. The molecule has 3 aromatic heterocycles. The Morgan fingerprint density at radius 1 is 1.21 bits per heavy atom. The highest BCUT2D eigenvalue weighted by molar-refractivity contribution is 5.99. The van der Waals surface area contributed by atoms with Gasteiger partial charge < -0.3 is 9.80 Å². The molecule has 1 saturated heterocycles. The van der Waals surface area contributed by atoms with E-state index in [-0.39, 0.29) is 17.9 Å². The van der Waals surface area contributed by atoms with E-state index in [4.69, 9.17) is 0 Å². The Bertz CT molecular complexity index is 1010. The van der Waals surface area contributed by atoms with Crippen LogP contribution in [0.15, 0.2) is 43.0 Å². The molecular weight excluding hydrogens is 356 g/mol. The Labute approximate surface area is 162 Å². The van der Waals surface area contributed by atoms with E-state index in [9.17, 15) is 9.59 Å². The van der Waals surface area contributed by atoms with Crippen LogP contribution in [0.1, 0.15) is 40.5 Å². The number of aromatic nitrogens is 4. The first-order chi connectivity index (χ1) is 13.6. The van der Waals surface area contributed by atoms with E-state index in [0.717, 1.165) is 24.1 Å². The molecule has 3 aromatic rings. The number of rotatable bonds is 4. The quantitative estimate of drug-likeness (QED) is 0.690. The smallest absolute Gasteiger partial charge is 0.258 e. The molecule has 0 aliphatic carbocycles. The normalized spacial score (nSPS) is 16.5. The predicted octanol–water partition coefficient (Wildman–Crippen LogP) is 1.73. The largest absolute Gasteiger partial charge is 0.345 e. The molecule has 144 valence electrons. The molecule has 0 bridgehead atoms. The third-order valence-electron chi connectivity index (χ3n) is 5.06. The van der Waals surface area contributed by atoms with Gasteiger partial charge in [0.15, 0.2) is 5.65 Å². The molecule has 0 aromatic carbocycles. The molecule has 4 rings (SSSR count). The van der Waals surface area contributed by atoms with Crippen LogP contribution in [-0.2, 0) is 11.2 Å². The number of amides is 2. The van der Waals surface area contributed by atoms with Gasteiger partial charge >= 0.3 is 0 Å². The summed E-state index contributed by atoms with van der Waals surface area (Å²) in [6, 6.07) is 5.54. The first-order valence-corrected chi connectivity index (χ1v) is 9.29. The molecule has 28 heavy (non-hydrogen) atoms. The maximum Gasteiger partial charge on any atom is 0.258 e. The molecule has 1 aliphatic heterocycles. The zero-order chi connectivity index (χ0) is 19.7. The molecular formula is C20H22N6O2. The summed E-state index contributed by atoms with van der Waals surface area (Å²) in [5.74, 6) is -0.0761. The third kappa shape index (κ3) is 3.21. The molecule has 0 spiro atoms. The van der Waals surface area contributed by atoms with Gasteiger partial charge in [0.1, 0.15) is 5.56 Å². The summed E-state index contributed by atoms with van der Waals surface area (Å²) < 4.78 is 1.69. The Morgan fingerprint density at radius 3 is 2.82 bits per heavy atom. The number of hydrogen-bond donors (Lipinski definition) is 0. The summed E-state index contributed by atoms with van der Waals surface area (Å²) in [4.78, 5) is 37.2. The van der Waals surface area contributed by atoms with E-state index in [2.05, 4.69) is 15.1 Å². The predicted molar refractivity (Wildman–Crippen MR) is 103 cm³/mol. The molecule has 0 saturated carbocycles. The summed E-state index contributed by atoms with van der Waals surface area (Å²) in [5.41, 5.74) is 2.75. The monoisotopic (exact) mass is 378 g/mol. The van der Waals surface area contributed by atoms with Crippen LogP contribution in [0.25, 0.3) is 5.65 Å². The third-order valence-corrected chi connectivity index (χ3v) is 5.06. The van der Waals surface area contributed by atoms with Gasteiger partial charge in [-0.05, 0) is 30.5 Å². The molecule has 1 unspecified atom stereocenters. The summed E-state index contributed by atoms with van der Waals surface area (Å²) >= 11 is 0. The second kappa shape index (κ2) is 7.38. The molecule has 1 aliphatic rings. The lowest BCUT2D eigenvalue weighted by atomic mass is 10.1. The molecule has 1 atom stereocenters. The van der Waals surface area contributed by atoms with Crippen LogP contribution in [0.2, 0.25) is 0 Å². The fourth-order valence-corrected chi connectivity index (χ4v) is 3.71. The number of carbonyl (C=O) groups is 2. The van der Waals surface area contributed by atoms with Crippen LogP contribution in [0.4, 0.5) is 0 Å². The van der Waals surface area contributed by atoms with Crippen LogP contribution in [0.3, 0.4) is 0 Å². The number of pyridine rings is 1. The SMILES string of the molecule is CN(C)C(=O)c1cnn2c(C3CCCN3C(=O)Cc3cccnc3)ccnc12. The minimum absolute atomic E-state index is 0.0669. The first-order valence-electron chi connectivity index (χ1n) is 9.29. The van der Waals surface area contributed by atoms with Crippen LogP contribution in [0.5, 0.6) is 0 Å². The van der Waals surface area contributed by atoms with Crippen LogP contribution in [0, 0.1) is 0 Å². The topological polar surface area (TPSA) is 83.7 Å². The number of likely N-dealkylation sites (tertiary alicyclic amines) is 1. The van der Waals surface area contributed by atoms with E-state index in [1.165, 1.54) is 4.90 Å². The van der Waals surface area contributed by atoms with E-state index < -0.39 is 0 Å². The Morgan fingerprint density at radius 2 is 2.07 bits per heavy atom.